The zero-order chi connectivity index (χ0) is 23.8. The highest BCUT2D eigenvalue weighted by atomic mass is 35.5. The maximum Gasteiger partial charge on any atom is 0.173 e. The van der Waals surface area contributed by atoms with E-state index in [4.69, 9.17) is 28.9 Å². The number of hydrogen-bond acceptors (Lipinski definition) is 3. The molecule has 0 fully saturated rings. The van der Waals surface area contributed by atoms with Crippen LogP contribution in [0.4, 0.5) is 14.5 Å². The third-order valence-electron chi connectivity index (χ3n) is 5.56. The summed E-state index contributed by atoms with van der Waals surface area (Å²) in [4.78, 5) is 4.67. The van der Waals surface area contributed by atoms with Crippen molar-refractivity contribution in [3.63, 3.8) is 0 Å². The molecule has 3 aromatic carbocycles. The molecule has 33 heavy (non-hydrogen) atoms. The van der Waals surface area contributed by atoms with Crippen LogP contribution in [0.1, 0.15) is 30.7 Å². The molecule has 0 unspecified atom stereocenters. The topological polar surface area (TPSA) is 43.8 Å². The van der Waals surface area contributed by atoms with Gasteiger partial charge in [0.1, 0.15) is 11.6 Å². The summed E-state index contributed by atoms with van der Waals surface area (Å²) in [5.74, 6) is -0.200. The summed E-state index contributed by atoms with van der Waals surface area (Å²) in [5.41, 5.74) is 9.30. The lowest BCUT2D eigenvalue weighted by atomic mass is 9.81. The predicted octanol–water partition coefficient (Wildman–Crippen LogP) is 7.66. The normalized spacial score (nSPS) is 11.7. The summed E-state index contributed by atoms with van der Waals surface area (Å²) in [6, 6.07) is 16.2. The van der Waals surface area contributed by atoms with Gasteiger partial charge in [0.05, 0.1) is 21.9 Å². The van der Waals surface area contributed by atoms with Crippen molar-refractivity contribution in [2.24, 2.45) is 0 Å². The molecule has 170 valence electrons. The molecule has 0 aliphatic carbocycles. The van der Waals surface area contributed by atoms with Crippen LogP contribution in [0.5, 0.6) is 0 Å². The van der Waals surface area contributed by atoms with E-state index in [1.54, 1.807) is 24.3 Å². The van der Waals surface area contributed by atoms with Gasteiger partial charge >= 0.3 is 0 Å². The maximum atomic E-state index is 13.7. The summed E-state index contributed by atoms with van der Waals surface area (Å²) < 4.78 is 29.1. The average molecular weight is 504 g/mol. The van der Waals surface area contributed by atoms with Crippen molar-refractivity contribution in [1.82, 2.24) is 9.55 Å². The molecule has 4 aromatic rings. The lowest BCUT2D eigenvalue weighted by Gasteiger charge is -2.28. The molecule has 0 bridgehead atoms. The summed E-state index contributed by atoms with van der Waals surface area (Å²) in [5, 5.41) is 1.65. The summed E-state index contributed by atoms with van der Waals surface area (Å²) >= 11 is 13.9. The number of nitrogens with zero attached hydrogens (tertiary/aromatic N) is 2. The Bertz CT molecular complexity index is 1300. The van der Waals surface area contributed by atoms with Crippen LogP contribution in [0.25, 0.3) is 5.69 Å². The summed E-state index contributed by atoms with van der Waals surface area (Å²) in [6.45, 7) is 4.13. The first-order valence-corrected chi connectivity index (χ1v) is 11.9. The number of nitrogen functional groups attached to an aromatic ring is 1. The fraction of sp³-hybridized carbons (Fsp3) is 0.160. The molecule has 8 heteroatoms. The zero-order valence-electron chi connectivity index (χ0n) is 17.9. The number of benzene rings is 3. The molecule has 1 heterocycles. The van der Waals surface area contributed by atoms with Gasteiger partial charge in [0.2, 0.25) is 0 Å². The van der Waals surface area contributed by atoms with Gasteiger partial charge in [-0.3, -0.25) is 4.57 Å². The van der Waals surface area contributed by atoms with Gasteiger partial charge in [-0.1, -0.05) is 60.9 Å². The van der Waals surface area contributed by atoms with E-state index < -0.39 is 5.41 Å². The number of aromatic nitrogens is 2. The van der Waals surface area contributed by atoms with Crippen molar-refractivity contribution in [3.8, 4) is 5.69 Å². The molecule has 0 aliphatic rings. The van der Waals surface area contributed by atoms with E-state index in [1.807, 2.05) is 22.9 Å². The molecule has 4 rings (SSSR count). The average Bonchev–Trinajstić information content (AvgIpc) is 3.20. The lowest BCUT2D eigenvalue weighted by molar-refractivity contribution is 0.591. The van der Waals surface area contributed by atoms with E-state index in [2.05, 4.69) is 18.8 Å². The van der Waals surface area contributed by atoms with Crippen LogP contribution < -0.4 is 5.73 Å². The number of anilines is 1. The van der Waals surface area contributed by atoms with Crippen LogP contribution >= 0.6 is 35.0 Å². The second-order valence-electron chi connectivity index (χ2n) is 8.12. The van der Waals surface area contributed by atoms with Gasteiger partial charge in [0.25, 0.3) is 0 Å². The molecular formula is C25H21Cl2F2N3S. The number of imidazole rings is 1. The quantitative estimate of drug-likeness (QED) is 0.217. The van der Waals surface area contributed by atoms with Crippen molar-refractivity contribution in [1.29, 1.82) is 0 Å². The van der Waals surface area contributed by atoms with Gasteiger partial charge in [-0.25, -0.2) is 13.8 Å². The van der Waals surface area contributed by atoms with Crippen LogP contribution in [0.15, 0.2) is 72.0 Å². The smallest absolute Gasteiger partial charge is 0.173 e. The Morgan fingerprint density at radius 3 is 2.30 bits per heavy atom. The van der Waals surface area contributed by atoms with Crippen molar-refractivity contribution < 1.29 is 8.78 Å². The second kappa shape index (κ2) is 9.37. The molecule has 0 amide bonds. The third-order valence-corrected chi connectivity index (χ3v) is 7.30. The van der Waals surface area contributed by atoms with Gasteiger partial charge < -0.3 is 5.73 Å². The molecule has 1 aromatic heterocycles. The Labute approximate surface area is 205 Å². The maximum absolute atomic E-state index is 13.7. The number of rotatable bonds is 6. The number of nitrogens with two attached hydrogens (primary N) is 1. The Hall–Kier alpha value is -2.54. The van der Waals surface area contributed by atoms with Crippen LogP contribution in [0.3, 0.4) is 0 Å². The molecule has 2 N–H and O–H groups in total. The van der Waals surface area contributed by atoms with Crippen molar-refractivity contribution in [2.45, 2.75) is 30.2 Å². The molecule has 0 saturated heterocycles. The van der Waals surface area contributed by atoms with E-state index in [9.17, 15) is 8.78 Å². The lowest BCUT2D eigenvalue weighted by Crippen LogP contribution is -2.23. The SMILES string of the molecule is CC(C)(c1ccc(Cl)c(Cl)c1)c1cnc(SCc2ccc(F)cc2N)n1-c1ccc(F)cc1. The minimum Gasteiger partial charge on any atom is -0.398 e. The Kier molecular flexibility index (Phi) is 6.71. The number of thioether (sulfide) groups is 1. The van der Waals surface area contributed by atoms with E-state index in [1.165, 1.54) is 36.0 Å². The number of halogens is 4. The van der Waals surface area contributed by atoms with Crippen molar-refractivity contribution >= 4 is 40.7 Å². The monoisotopic (exact) mass is 503 g/mol. The first-order chi connectivity index (χ1) is 15.7. The summed E-state index contributed by atoms with van der Waals surface area (Å²) in [7, 11) is 0. The van der Waals surface area contributed by atoms with E-state index in [0.29, 0.717) is 26.6 Å². The largest absolute Gasteiger partial charge is 0.398 e. The van der Waals surface area contributed by atoms with Gasteiger partial charge in [-0.15, -0.1) is 0 Å². The van der Waals surface area contributed by atoms with E-state index in [0.717, 1.165) is 22.5 Å². The minimum absolute atomic E-state index is 0.322. The second-order valence-corrected chi connectivity index (χ2v) is 9.88. The highest BCUT2D eigenvalue weighted by molar-refractivity contribution is 7.98. The van der Waals surface area contributed by atoms with Crippen LogP contribution in [0.2, 0.25) is 10.0 Å². The molecule has 0 atom stereocenters. The predicted molar refractivity (Wildman–Crippen MR) is 132 cm³/mol. The molecule has 0 spiro atoms. The van der Waals surface area contributed by atoms with Gasteiger partial charge in [0.15, 0.2) is 5.16 Å². The minimum atomic E-state index is -0.497. The fourth-order valence-electron chi connectivity index (χ4n) is 3.59. The molecule has 0 saturated carbocycles. The molecule has 0 radical (unpaired) electrons. The number of hydrogen-bond donors (Lipinski definition) is 1. The fourth-order valence-corrected chi connectivity index (χ4v) is 4.90. The van der Waals surface area contributed by atoms with E-state index >= 15 is 0 Å². The van der Waals surface area contributed by atoms with E-state index in [-0.39, 0.29) is 11.6 Å². The molecule has 0 aliphatic heterocycles. The Morgan fingerprint density at radius 1 is 0.939 bits per heavy atom. The van der Waals surface area contributed by atoms with Gasteiger partial charge in [-0.2, -0.15) is 0 Å². The first kappa shape index (κ1) is 23.6. The Balaban J connectivity index is 1.78. The highest BCUT2D eigenvalue weighted by Crippen LogP contribution is 2.38. The summed E-state index contributed by atoms with van der Waals surface area (Å²) in [6.07, 6.45) is 1.81. The van der Waals surface area contributed by atoms with Gasteiger partial charge in [0, 0.05) is 22.5 Å². The zero-order valence-corrected chi connectivity index (χ0v) is 20.3. The molecule has 3 nitrogen and oxygen atoms in total. The van der Waals surface area contributed by atoms with Gasteiger partial charge in [-0.05, 0) is 59.7 Å². The standard InChI is InChI=1S/C25H21Cl2F2N3S/c1-25(2,16-4-10-20(26)21(27)11-16)23-13-31-24(32(23)19-8-6-17(28)7-9-19)33-14-15-3-5-18(29)12-22(15)30/h3-13H,14,30H2,1-2H3. The van der Waals surface area contributed by atoms with Crippen molar-refractivity contribution in [3.05, 3.63) is 105 Å². The molecular weight excluding hydrogens is 483 g/mol. The highest BCUT2D eigenvalue weighted by Gasteiger charge is 2.30. The Morgan fingerprint density at radius 2 is 1.64 bits per heavy atom. The first-order valence-electron chi connectivity index (χ1n) is 10.1. The third kappa shape index (κ3) is 4.88. The van der Waals surface area contributed by atoms with Crippen LogP contribution in [-0.4, -0.2) is 9.55 Å². The van der Waals surface area contributed by atoms with Crippen molar-refractivity contribution in [2.75, 3.05) is 5.73 Å². The van der Waals surface area contributed by atoms with Crippen LogP contribution in [-0.2, 0) is 11.2 Å². The van der Waals surface area contributed by atoms with Crippen LogP contribution in [0, 0.1) is 11.6 Å².